The van der Waals surface area contributed by atoms with Crippen LogP contribution in [0.4, 0.5) is 4.39 Å². The molecule has 3 nitrogen and oxygen atoms in total. The van der Waals surface area contributed by atoms with E-state index >= 15 is 0 Å². The molecule has 0 bridgehead atoms. The molecule has 112 valence electrons. The van der Waals surface area contributed by atoms with Crippen LogP contribution in [0.25, 0.3) is 0 Å². The summed E-state index contributed by atoms with van der Waals surface area (Å²) in [6, 6.07) is 7.70. The van der Waals surface area contributed by atoms with Crippen LogP contribution in [0.1, 0.15) is 48.9 Å². The van der Waals surface area contributed by atoms with Gasteiger partial charge in [-0.1, -0.05) is 17.7 Å². The predicted octanol–water partition coefficient (Wildman–Crippen LogP) is 4.35. The van der Waals surface area contributed by atoms with E-state index in [1.165, 1.54) is 6.07 Å². The molecular weight excluding hydrogens is 291 g/mol. The van der Waals surface area contributed by atoms with Gasteiger partial charge in [0.2, 0.25) is 0 Å². The summed E-state index contributed by atoms with van der Waals surface area (Å²) in [6.45, 7) is 5.70. The van der Waals surface area contributed by atoms with Crippen molar-refractivity contribution in [3.8, 4) is 0 Å². The Morgan fingerprint density at radius 1 is 1.24 bits per heavy atom. The molecule has 1 aromatic carbocycles. The molecule has 1 heterocycles. The van der Waals surface area contributed by atoms with Crippen LogP contribution in [0, 0.1) is 5.82 Å². The summed E-state index contributed by atoms with van der Waals surface area (Å²) in [6.07, 6.45) is 1.85. The third-order valence-electron chi connectivity index (χ3n) is 3.35. The first-order valence-electron chi connectivity index (χ1n) is 6.83. The first kappa shape index (κ1) is 15.6. The summed E-state index contributed by atoms with van der Waals surface area (Å²) in [5, 5.41) is 3.10. The number of nitrogens with zero attached hydrogens (tertiary/aromatic N) is 1. The maximum Gasteiger partial charge on any atom is 0.268 e. The topological polar surface area (TPSA) is 34.0 Å². The maximum absolute atomic E-state index is 13.9. The zero-order chi connectivity index (χ0) is 15.6. The van der Waals surface area contributed by atoms with Gasteiger partial charge in [-0.25, -0.2) is 4.39 Å². The van der Waals surface area contributed by atoms with Crippen LogP contribution in [0.2, 0.25) is 5.02 Å². The van der Waals surface area contributed by atoms with E-state index in [4.69, 9.17) is 11.6 Å². The van der Waals surface area contributed by atoms with E-state index in [0.29, 0.717) is 16.3 Å². The largest absolute Gasteiger partial charge is 0.344 e. The van der Waals surface area contributed by atoms with Gasteiger partial charge in [0.1, 0.15) is 11.5 Å². The van der Waals surface area contributed by atoms with Crippen LogP contribution in [0.3, 0.4) is 0 Å². The van der Waals surface area contributed by atoms with Crippen molar-refractivity contribution in [2.45, 2.75) is 32.9 Å². The fourth-order valence-corrected chi connectivity index (χ4v) is 2.63. The predicted molar refractivity (Wildman–Crippen MR) is 82.1 cm³/mol. The first-order chi connectivity index (χ1) is 9.91. The SMILES string of the molecule is CC(C)n1cccc1C(=O)N[C@H](C)c1c(F)cccc1Cl. The second-order valence-corrected chi connectivity index (χ2v) is 5.63. The van der Waals surface area contributed by atoms with Crippen molar-refractivity contribution in [1.82, 2.24) is 9.88 Å². The molecule has 1 amide bonds. The van der Waals surface area contributed by atoms with Gasteiger partial charge < -0.3 is 9.88 Å². The van der Waals surface area contributed by atoms with Gasteiger partial charge in [0.05, 0.1) is 6.04 Å². The van der Waals surface area contributed by atoms with Crippen molar-refractivity contribution in [3.63, 3.8) is 0 Å². The summed E-state index contributed by atoms with van der Waals surface area (Å²) >= 11 is 6.02. The molecule has 1 N–H and O–H groups in total. The van der Waals surface area contributed by atoms with Crippen molar-refractivity contribution < 1.29 is 9.18 Å². The zero-order valence-corrected chi connectivity index (χ0v) is 13.0. The van der Waals surface area contributed by atoms with Crippen molar-refractivity contribution in [1.29, 1.82) is 0 Å². The minimum atomic E-state index is -0.512. The molecule has 0 aliphatic carbocycles. The van der Waals surface area contributed by atoms with Gasteiger partial charge in [0.15, 0.2) is 0 Å². The van der Waals surface area contributed by atoms with E-state index < -0.39 is 11.9 Å². The molecule has 0 saturated heterocycles. The number of benzene rings is 1. The summed E-state index contributed by atoms with van der Waals surface area (Å²) in [4.78, 5) is 12.3. The molecule has 0 unspecified atom stereocenters. The summed E-state index contributed by atoms with van der Waals surface area (Å²) in [5.41, 5.74) is 0.847. The van der Waals surface area contributed by atoms with Crippen LogP contribution in [-0.2, 0) is 0 Å². The molecule has 0 fully saturated rings. The lowest BCUT2D eigenvalue weighted by Crippen LogP contribution is -2.29. The van der Waals surface area contributed by atoms with Crippen LogP contribution >= 0.6 is 11.6 Å². The standard InChI is InChI=1S/C16H18ClFN2O/c1-10(2)20-9-5-8-14(20)16(21)19-11(3)15-12(17)6-4-7-13(15)18/h4-11H,1-3H3,(H,19,21)/t11-/m1/s1. The van der Waals surface area contributed by atoms with Gasteiger partial charge in [0, 0.05) is 22.8 Å². The minimum absolute atomic E-state index is 0.174. The van der Waals surface area contributed by atoms with Crippen LogP contribution in [0.5, 0.6) is 0 Å². The summed E-state index contributed by atoms with van der Waals surface area (Å²) in [7, 11) is 0. The number of rotatable bonds is 4. The van der Waals surface area contributed by atoms with Crippen LogP contribution < -0.4 is 5.32 Å². The Morgan fingerprint density at radius 2 is 1.95 bits per heavy atom. The minimum Gasteiger partial charge on any atom is -0.344 e. The molecule has 2 rings (SSSR count). The van der Waals surface area contributed by atoms with Crippen molar-refractivity contribution >= 4 is 17.5 Å². The molecule has 1 atom stereocenters. The Bertz CT molecular complexity index is 631. The number of carbonyl (C=O) groups excluding carboxylic acids is 1. The first-order valence-corrected chi connectivity index (χ1v) is 7.21. The van der Waals surface area contributed by atoms with Crippen molar-refractivity contribution in [3.05, 3.63) is 58.6 Å². The second kappa shape index (κ2) is 6.31. The Labute approximate surface area is 128 Å². The monoisotopic (exact) mass is 308 g/mol. The molecule has 21 heavy (non-hydrogen) atoms. The smallest absolute Gasteiger partial charge is 0.268 e. The molecule has 0 aliphatic heterocycles. The van der Waals surface area contributed by atoms with Gasteiger partial charge in [0.25, 0.3) is 5.91 Å². The Morgan fingerprint density at radius 3 is 2.57 bits per heavy atom. The third kappa shape index (κ3) is 3.27. The average Bonchev–Trinajstić information content (AvgIpc) is 2.87. The third-order valence-corrected chi connectivity index (χ3v) is 3.68. The van der Waals surface area contributed by atoms with Crippen LogP contribution in [-0.4, -0.2) is 10.5 Å². The lowest BCUT2D eigenvalue weighted by Gasteiger charge is -2.18. The number of carbonyl (C=O) groups is 1. The molecule has 0 aliphatic rings. The average molecular weight is 309 g/mol. The highest BCUT2D eigenvalue weighted by Crippen LogP contribution is 2.26. The van der Waals surface area contributed by atoms with Gasteiger partial charge in [-0.3, -0.25) is 4.79 Å². The normalized spacial score (nSPS) is 12.5. The maximum atomic E-state index is 13.9. The molecular formula is C16H18ClFN2O. The van der Waals surface area contributed by atoms with Gasteiger partial charge in [-0.15, -0.1) is 0 Å². The van der Waals surface area contributed by atoms with E-state index in [-0.39, 0.29) is 11.9 Å². The number of aromatic nitrogens is 1. The van der Waals surface area contributed by atoms with E-state index in [0.717, 1.165) is 0 Å². The Kier molecular flexibility index (Phi) is 4.68. The molecule has 1 aromatic heterocycles. The van der Waals surface area contributed by atoms with Gasteiger partial charge in [-0.05, 0) is 45.0 Å². The Hall–Kier alpha value is -1.81. The van der Waals surface area contributed by atoms with Crippen LogP contribution in [0.15, 0.2) is 36.5 Å². The van der Waals surface area contributed by atoms with Gasteiger partial charge >= 0.3 is 0 Å². The quantitative estimate of drug-likeness (QED) is 0.895. The van der Waals surface area contributed by atoms with E-state index in [9.17, 15) is 9.18 Å². The molecule has 5 heteroatoms. The number of nitrogens with one attached hydrogen (secondary N) is 1. The lowest BCUT2D eigenvalue weighted by atomic mass is 10.1. The summed E-state index contributed by atoms with van der Waals surface area (Å²) in [5.74, 6) is -0.671. The number of amides is 1. The highest BCUT2D eigenvalue weighted by Gasteiger charge is 2.19. The van der Waals surface area contributed by atoms with E-state index in [2.05, 4.69) is 5.32 Å². The molecule has 2 aromatic rings. The second-order valence-electron chi connectivity index (χ2n) is 5.22. The number of hydrogen-bond donors (Lipinski definition) is 1. The summed E-state index contributed by atoms with van der Waals surface area (Å²) < 4.78 is 15.7. The zero-order valence-electron chi connectivity index (χ0n) is 12.2. The van der Waals surface area contributed by atoms with Crippen molar-refractivity contribution in [2.75, 3.05) is 0 Å². The van der Waals surface area contributed by atoms with Gasteiger partial charge in [-0.2, -0.15) is 0 Å². The fraction of sp³-hybridized carbons (Fsp3) is 0.312. The van der Waals surface area contributed by atoms with Crippen molar-refractivity contribution in [2.24, 2.45) is 0 Å². The number of hydrogen-bond acceptors (Lipinski definition) is 1. The fourth-order valence-electron chi connectivity index (χ4n) is 2.30. The number of halogens is 2. The highest BCUT2D eigenvalue weighted by molar-refractivity contribution is 6.31. The molecule has 0 spiro atoms. The molecule has 0 saturated carbocycles. The van der Waals surface area contributed by atoms with E-state index in [1.807, 2.05) is 30.7 Å². The van der Waals surface area contributed by atoms with E-state index in [1.54, 1.807) is 25.1 Å². The Balaban J connectivity index is 2.21. The highest BCUT2D eigenvalue weighted by atomic mass is 35.5. The molecule has 0 radical (unpaired) electrons. The lowest BCUT2D eigenvalue weighted by molar-refractivity contribution is 0.0928.